The zero-order valence-electron chi connectivity index (χ0n) is 69.6. The molecule has 7 amide bonds. The molecule has 40 nitrogen and oxygen atoms in total. The van der Waals surface area contributed by atoms with E-state index < -0.39 is 254 Å². The third-order valence-corrected chi connectivity index (χ3v) is 23.6. The zero-order chi connectivity index (χ0) is 92.8. The summed E-state index contributed by atoms with van der Waals surface area (Å²) < 4.78 is 60.8. The second-order valence-electron chi connectivity index (χ2n) is 33.0. The number of phenols is 3. The van der Waals surface area contributed by atoms with Gasteiger partial charge in [-0.05, 0) is 136 Å². The van der Waals surface area contributed by atoms with Crippen molar-refractivity contribution in [2.75, 3.05) is 45.3 Å². The highest BCUT2D eigenvalue weighted by molar-refractivity contribution is 6.32. The molecule has 16 rings (SSSR count). The number of amides is 7. The minimum atomic E-state index is -2.35. The molecule has 19 unspecified atom stereocenters. The summed E-state index contributed by atoms with van der Waals surface area (Å²) in [4.78, 5) is 143. The first-order valence-corrected chi connectivity index (χ1v) is 41.5. The number of primary amides is 1. The van der Waals surface area contributed by atoms with Crippen LogP contribution in [-0.4, -0.2) is 239 Å². The summed E-state index contributed by atoms with van der Waals surface area (Å²) in [5, 5.41) is 143. The Balaban J connectivity index is 0.000000437. The number of ether oxygens (including phenoxy) is 7. The maximum atomic E-state index is 16.0. The van der Waals surface area contributed by atoms with Crippen LogP contribution in [0.5, 0.6) is 51.7 Å². The SMILES string of the molecule is CNC(CC(C)C)C(=O)NC1C(=O)NC(CC(N)=O)C(=O)NC2C(=O)NC3C(=O)NC(C(=O)NC(C(=O)O)c4cc(O)cc(O)c4-c4cc3ccc4O)C(O)c3ccc(c(Cl)c3)Oc3cc2cc(c3OC2OC(CO)C(O)C(O)C2OC2CC(C)(N)C(O)C(C)O2)Oc2ccc(cc2Cl)C1O.COc1c(N2CCNC(C)C2)c(F)cc2c(=O)c(C(=O)O)cn(C3CC3)c12. The van der Waals surface area contributed by atoms with Gasteiger partial charge >= 0.3 is 11.9 Å². The Labute approximate surface area is 737 Å². The lowest BCUT2D eigenvalue weighted by molar-refractivity contribution is -0.333. The van der Waals surface area contributed by atoms with Crippen molar-refractivity contribution in [1.82, 2.24) is 47.1 Å². The maximum Gasteiger partial charge on any atom is 0.341 e. The molecule has 686 valence electrons. The van der Waals surface area contributed by atoms with Crippen LogP contribution in [0.25, 0.3) is 22.0 Å². The fraction of sp³-hybridized carbons (Fsp3) is 0.435. The Hall–Kier alpha value is -11.8. The number of pyridine rings is 1. The topological polar surface area (TPSA) is 614 Å². The van der Waals surface area contributed by atoms with Gasteiger partial charge in [-0.25, -0.2) is 14.0 Å². The number of rotatable bonds is 17. The number of aromatic carboxylic acids is 1. The molecule has 3 saturated heterocycles. The van der Waals surface area contributed by atoms with Gasteiger partial charge in [-0.15, -0.1) is 0 Å². The first-order valence-electron chi connectivity index (χ1n) is 40.7. The van der Waals surface area contributed by atoms with Crippen molar-refractivity contribution in [3.8, 4) is 62.9 Å². The lowest BCUT2D eigenvalue weighted by Gasteiger charge is -2.47. The molecule has 4 fully saturated rings. The largest absolute Gasteiger partial charge is 0.508 e. The second-order valence-corrected chi connectivity index (χ2v) is 33.8. The number of likely N-dealkylation sites (N-methyl/N-ethyl adjacent to an activating group) is 1. The van der Waals surface area contributed by atoms with Crippen LogP contribution in [0.3, 0.4) is 0 Å². The Morgan fingerprint density at radius 3 is 1.95 bits per heavy atom. The van der Waals surface area contributed by atoms with Gasteiger partial charge in [-0.1, -0.05) is 55.2 Å². The number of aromatic hydroxyl groups is 3. The smallest absolute Gasteiger partial charge is 0.341 e. The number of carboxylic acid groups (broad SMARTS) is 2. The number of methoxy groups -OCH3 is 1. The minimum absolute atomic E-state index is 0.0445. The fourth-order valence-electron chi connectivity index (χ4n) is 16.4. The number of aliphatic hydroxyl groups is 6. The van der Waals surface area contributed by atoms with Crippen LogP contribution < -0.4 is 83.3 Å². The predicted octanol–water partition coefficient (Wildman–Crippen LogP) is 2.09. The van der Waals surface area contributed by atoms with Crippen molar-refractivity contribution in [3.05, 3.63) is 151 Å². The van der Waals surface area contributed by atoms with Gasteiger partial charge in [0.1, 0.15) is 101 Å². The van der Waals surface area contributed by atoms with E-state index in [-0.39, 0.29) is 69.3 Å². The number of piperazine rings is 1. The average molecular weight is 1820 g/mol. The Bertz CT molecular complexity index is 5590. The molecule has 6 aromatic carbocycles. The first-order chi connectivity index (χ1) is 60.6. The number of benzene rings is 6. The van der Waals surface area contributed by atoms with Gasteiger partial charge in [-0.3, -0.25) is 38.4 Å². The number of hydrogen-bond donors (Lipinski definition) is 21. The number of anilines is 1. The summed E-state index contributed by atoms with van der Waals surface area (Å²) in [6.45, 7) is 9.63. The minimum Gasteiger partial charge on any atom is -0.508 e. The number of carbonyl (C=O) groups excluding carboxylic acids is 7. The number of carbonyl (C=O) groups is 9. The molecule has 8 aliphatic heterocycles. The highest BCUT2D eigenvalue weighted by Crippen LogP contribution is 2.51. The Morgan fingerprint density at radius 1 is 0.734 bits per heavy atom. The molecular weight excluding hydrogens is 1730 g/mol. The first kappa shape index (κ1) is 93.8. The number of phenolic OH excluding ortho intramolecular Hbond substituents is 3. The molecule has 11 bridgehead atoms. The fourth-order valence-corrected chi connectivity index (χ4v) is 16.8. The standard InChI is InChI=1S/C66H75Cl2N9O24.C19H22FN3O4/c1-23(2)12-34(71-5)58(88)76-49-51(83)26-7-10-38(32(67)14-26)97-40-16-28-17-41(55(40)101-65-56(54(86)53(85)42(22-78)99-65)100-44-21-66(4,70)57(87)24(3)96-44)98-39-11-8-27(15-33(39)68)52(84)50-63(93)75-48(64(94)95)31-18-29(79)19-37(81)45(31)30-13-25(6-9-36(30)80)46(60(90)77-50)74-61(91)47(28)73-59(89)35(20-43(69)82)72-62(49)92;1-10-8-22(6-5-21-10)16-14(20)7-12-15(18(16)27-2)23(11-3-4-11)9-13(17(12)24)19(25)26/h6-11,13-19,23-24,34-35,42,44,46-54,56-57,65,71,78-81,83-87H,12,20-22,70H2,1-5H3,(H2,69,82)(H,72,92)(H,73,89)(H,74,91)(H,75,93)(H,76,88)(H,77,90)(H,94,95);7,9-11,21H,3-6,8H2,1-2H3,(H,25,26). The number of nitrogens with zero attached hydrogens (tertiary/aromatic N) is 2. The van der Waals surface area contributed by atoms with E-state index in [1.54, 1.807) is 4.57 Å². The number of carboxylic acids is 2. The van der Waals surface area contributed by atoms with E-state index >= 15 is 18.8 Å². The summed E-state index contributed by atoms with van der Waals surface area (Å²) in [7, 11) is 2.93. The normalized spacial score (nSPS) is 27.5. The van der Waals surface area contributed by atoms with E-state index in [4.69, 9.17) is 67.8 Å². The van der Waals surface area contributed by atoms with Crippen molar-refractivity contribution in [3.63, 3.8) is 0 Å². The quantitative estimate of drug-likeness (QED) is 0.0620. The highest BCUT2D eigenvalue weighted by Gasteiger charge is 2.52. The Kier molecular flexibility index (Phi) is 28.0. The van der Waals surface area contributed by atoms with Crippen LogP contribution >= 0.6 is 23.2 Å². The highest BCUT2D eigenvalue weighted by atomic mass is 35.5. The summed E-state index contributed by atoms with van der Waals surface area (Å²) in [6, 6.07) is 0.772. The average Bonchev–Trinajstić information content (AvgIpc) is 1.36. The third kappa shape index (κ3) is 19.6. The van der Waals surface area contributed by atoms with E-state index in [0.717, 1.165) is 92.2 Å². The van der Waals surface area contributed by atoms with Gasteiger partial charge in [0.15, 0.2) is 41.5 Å². The van der Waals surface area contributed by atoms with E-state index in [0.29, 0.717) is 30.0 Å². The molecule has 23 N–H and O–H groups in total. The lowest BCUT2D eigenvalue weighted by atomic mass is 9.86. The number of halogens is 3. The summed E-state index contributed by atoms with van der Waals surface area (Å²) in [5.74, 6) is -17.6. The van der Waals surface area contributed by atoms with Crippen molar-refractivity contribution < 1.29 is 137 Å². The third-order valence-electron chi connectivity index (χ3n) is 23.0. The molecule has 9 aliphatic rings. The number of aliphatic carboxylic acids is 1. The predicted molar refractivity (Wildman–Crippen MR) is 449 cm³/mol. The molecule has 128 heavy (non-hydrogen) atoms. The molecule has 19 atom stereocenters. The number of aromatic nitrogens is 1. The van der Waals surface area contributed by atoms with Gasteiger partial charge in [0.2, 0.25) is 58.8 Å². The number of nitrogens with two attached hydrogens (primary N) is 2. The molecule has 1 aliphatic carbocycles. The summed E-state index contributed by atoms with van der Waals surface area (Å²) in [6.07, 6.45) is -15.4. The number of nitrogens with one attached hydrogen (secondary N) is 8. The molecule has 1 saturated carbocycles. The van der Waals surface area contributed by atoms with E-state index in [1.807, 2.05) is 25.7 Å². The van der Waals surface area contributed by atoms with Gasteiger partial charge in [0.25, 0.3) is 0 Å². The molecular formula is C85H97Cl2FN12O28. The van der Waals surface area contributed by atoms with Crippen molar-refractivity contribution in [2.24, 2.45) is 17.4 Å². The van der Waals surface area contributed by atoms with Crippen LogP contribution in [0.15, 0.2) is 95.9 Å². The molecule has 7 aromatic rings. The number of aliphatic hydroxyl groups excluding tert-OH is 6. The van der Waals surface area contributed by atoms with E-state index in [1.165, 1.54) is 46.3 Å². The molecule has 0 radical (unpaired) electrons. The van der Waals surface area contributed by atoms with Gasteiger partial charge in [0.05, 0.1) is 59.3 Å². The van der Waals surface area contributed by atoms with Crippen molar-refractivity contribution in [2.45, 2.75) is 188 Å². The van der Waals surface area contributed by atoms with Crippen LogP contribution in [0.4, 0.5) is 10.1 Å². The summed E-state index contributed by atoms with van der Waals surface area (Å²) in [5.41, 5.74) is 7.77. The van der Waals surface area contributed by atoms with Crippen LogP contribution in [0, 0.1) is 11.7 Å². The number of hydrogen-bond acceptors (Lipinski definition) is 30. The second kappa shape index (κ2) is 38.2. The van der Waals surface area contributed by atoms with E-state index in [9.17, 15) is 89.7 Å². The molecule has 0 spiro atoms. The molecule has 1 aromatic heterocycles. The van der Waals surface area contributed by atoms with Crippen molar-refractivity contribution >= 4 is 93.1 Å². The van der Waals surface area contributed by atoms with Crippen LogP contribution in [0.1, 0.15) is 141 Å². The Morgan fingerprint density at radius 2 is 1.37 bits per heavy atom. The lowest BCUT2D eigenvalue weighted by Crippen LogP contribution is -2.64. The maximum absolute atomic E-state index is 16.0. The van der Waals surface area contributed by atoms with Gasteiger partial charge < -0.3 is 153 Å². The van der Waals surface area contributed by atoms with Gasteiger partial charge in [0, 0.05) is 72.6 Å². The number of fused-ring (bicyclic) bond motifs is 16. The summed E-state index contributed by atoms with van der Waals surface area (Å²) >= 11 is 14.1. The monoisotopic (exact) mass is 1820 g/mol. The van der Waals surface area contributed by atoms with Gasteiger partial charge in [-0.2, -0.15) is 0 Å². The van der Waals surface area contributed by atoms with E-state index in [2.05, 4.69) is 42.5 Å². The molecule has 9 heterocycles. The van der Waals surface area contributed by atoms with Crippen LogP contribution in [-0.2, 0) is 52.6 Å². The van der Waals surface area contributed by atoms with Crippen molar-refractivity contribution in [1.29, 1.82) is 0 Å². The zero-order valence-corrected chi connectivity index (χ0v) is 71.1. The molecule has 43 heteroatoms. The van der Waals surface area contributed by atoms with Crippen LogP contribution in [0.2, 0.25) is 10.0 Å².